The van der Waals surface area contributed by atoms with Crippen LogP contribution in [0.1, 0.15) is 11.1 Å². The number of benzene rings is 3. The van der Waals surface area contributed by atoms with Gasteiger partial charge in [0.1, 0.15) is 0 Å². The van der Waals surface area contributed by atoms with Gasteiger partial charge in [0.2, 0.25) is 0 Å². The first-order valence-electron chi connectivity index (χ1n) is 10.9. The van der Waals surface area contributed by atoms with Gasteiger partial charge in [0, 0.05) is 19.6 Å². The van der Waals surface area contributed by atoms with E-state index in [4.69, 9.17) is 4.74 Å². The lowest BCUT2D eigenvalue weighted by Crippen LogP contribution is -2.44. The number of nitrogens with zero attached hydrogens (tertiary/aromatic N) is 3. The van der Waals surface area contributed by atoms with Crippen LogP contribution < -0.4 is 5.69 Å². The van der Waals surface area contributed by atoms with Gasteiger partial charge in [0.25, 0.3) is 0 Å². The molecule has 31 heavy (non-hydrogen) atoms. The van der Waals surface area contributed by atoms with Gasteiger partial charge in [0.15, 0.2) is 0 Å². The van der Waals surface area contributed by atoms with Crippen molar-refractivity contribution < 1.29 is 4.74 Å². The molecule has 3 aromatic carbocycles. The Balaban J connectivity index is 1.39. The second-order valence-corrected chi connectivity index (χ2v) is 8.17. The van der Waals surface area contributed by atoms with Crippen molar-refractivity contribution in [1.82, 2.24) is 14.0 Å². The monoisotopic (exact) mass is 413 g/mol. The van der Waals surface area contributed by atoms with Gasteiger partial charge in [-0.05, 0) is 23.3 Å². The molecule has 0 bridgehead atoms. The Morgan fingerprint density at radius 2 is 1.32 bits per heavy atom. The van der Waals surface area contributed by atoms with E-state index in [9.17, 15) is 4.79 Å². The molecule has 2 heterocycles. The minimum absolute atomic E-state index is 0.00820. The average molecular weight is 414 g/mol. The zero-order valence-electron chi connectivity index (χ0n) is 17.6. The van der Waals surface area contributed by atoms with Gasteiger partial charge >= 0.3 is 5.69 Å². The first-order chi connectivity index (χ1) is 15.3. The largest absolute Gasteiger partial charge is 0.374 e. The summed E-state index contributed by atoms with van der Waals surface area (Å²) in [6, 6.07) is 28.7. The highest BCUT2D eigenvalue weighted by Crippen LogP contribution is 2.17. The number of morpholine rings is 1. The zero-order valence-corrected chi connectivity index (χ0v) is 17.6. The Bertz CT molecular complexity index is 1200. The molecule has 0 aliphatic carbocycles. The summed E-state index contributed by atoms with van der Waals surface area (Å²) in [4.78, 5) is 15.8. The molecule has 1 unspecified atom stereocenters. The topological polar surface area (TPSA) is 39.4 Å². The SMILES string of the molecule is O=c1n(Cc2ccccc2)c2ccccc2n1CC1CN(Cc2ccccc2)CCO1. The molecule has 1 aromatic heterocycles. The summed E-state index contributed by atoms with van der Waals surface area (Å²) >= 11 is 0. The van der Waals surface area contributed by atoms with Crippen molar-refractivity contribution in [3.8, 4) is 0 Å². The second kappa shape index (κ2) is 8.92. The molecular formula is C26H27N3O2. The maximum Gasteiger partial charge on any atom is 0.329 e. The molecule has 5 nitrogen and oxygen atoms in total. The average Bonchev–Trinajstić information content (AvgIpc) is 3.07. The second-order valence-electron chi connectivity index (χ2n) is 8.17. The Morgan fingerprint density at radius 1 is 0.742 bits per heavy atom. The van der Waals surface area contributed by atoms with Gasteiger partial charge in [-0.25, -0.2) is 4.79 Å². The molecule has 0 saturated carbocycles. The highest BCUT2D eigenvalue weighted by molar-refractivity contribution is 5.76. The summed E-state index contributed by atoms with van der Waals surface area (Å²) in [5.74, 6) is 0. The Kier molecular flexibility index (Phi) is 5.69. The third-order valence-corrected chi connectivity index (χ3v) is 5.97. The number of fused-ring (bicyclic) bond motifs is 1. The smallest absolute Gasteiger partial charge is 0.329 e. The normalized spacial score (nSPS) is 17.2. The highest BCUT2D eigenvalue weighted by Gasteiger charge is 2.23. The molecule has 0 radical (unpaired) electrons. The maximum atomic E-state index is 13.4. The minimum Gasteiger partial charge on any atom is -0.374 e. The van der Waals surface area contributed by atoms with Gasteiger partial charge in [-0.3, -0.25) is 14.0 Å². The van der Waals surface area contributed by atoms with Gasteiger partial charge in [-0.15, -0.1) is 0 Å². The summed E-state index contributed by atoms with van der Waals surface area (Å²) in [6.45, 7) is 4.46. The fraction of sp³-hybridized carbons (Fsp3) is 0.269. The van der Waals surface area contributed by atoms with E-state index in [0.29, 0.717) is 19.7 Å². The van der Waals surface area contributed by atoms with Crippen LogP contribution in [0.25, 0.3) is 11.0 Å². The van der Waals surface area contributed by atoms with Crippen LogP contribution in [-0.4, -0.2) is 39.8 Å². The van der Waals surface area contributed by atoms with Crippen molar-refractivity contribution in [2.75, 3.05) is 19.7 Å². The standard InChI is InChI=1S/C26H27N3O2/c30-26-28(18-22-11-5-2-6-12-22)24-13-7-8-14-25(24)29(26)20-23-19-27(15-16-31-23)17-21-9-3-1-4-10-21/h1-14,23H,15-20H2. The molecule has 5 heteroatoms. The van der Waals surface area contributed by atoms with Crippen LogP contribution in [0.2, 0.25) is 0 Å². The van der Waals surface area contributed by atoms with E-state index in [1.165, 1.54) is 5.56 Å². The van der Waals surface area contributed by atoms with Gasteiger partial charge < -0.3 is 4.74 Å². The molecule has 1 atom stereocenters. The molecule has 0 N–H and O–H groups in total. The Hall–Kier alpha value is -3.15. The van der Waals surface area contributed by atoms with E-state index in [1.807, 2.05) is 57.7 Å². The molecule has 158 valence electrons. The van der Waals surface area contributed by atoms with Gasteiger partial charge in [-0.2, -0.15) is 0 Å². The van der Waals surface area contributed by atoms with E-state index in [-0.39, 0.29) is 11.8 Å². The number of hydrogen-bond donors (Lipinski definition) is 0. The van der Waals surface area contributed by atoms with Gasteiger partial charge in [0.05, 0.1) is 36.8 Å². The molecule has 1 aliphatic heterocycles. The Labute approximate surface area is 182 Å². The summed E-state index contributed by atoms with van der Waals surface area (Å²) in [5, 5.41) is 0. The number of aromatic nitrogens is 2. The molecule has 0 spiro atoms. The van der Waals surface area contributed by atoms with Crippen LogP contribution in [0, 0.1) is 0 Å². The predicted molar refractivity (Wildman–Crippen MR) is 123 cm³/mol. The lowest BCUT2D eigenvalue weighted by molar-refractivity contribution is -0.0387. The van der Waals surface area contributed by atoms with Crippen LogP contribution in [0.5, 0.6) is 0 Å². The van der Waals surface area contributed by atoms with Crippen molar-refractivity contribution in [3.63, 3.8) is 0 Å². The lowest BCUT2D eigenvalue weighted by atomic mass is 10.2. The summed E-state index contributed by atoms with van der Waals surface area (Å²) in [6.07, 6.45) is -0.00820. The first kappa shape index (κ1) is 19.8. The lowest BCUT2D eigenvalue weighted by Gasteiger charge is -2.33. The summed E-state index contributed by atoms with van der Waals surface area (Å²) in [7, 11) is 0. The zero-order chi connectivity index (χ0) is 21.0. The minimum atomic E-state index is -0.00820. The third-order valence-electron chi connectivity index (χ3n) is 5.97. The first-order valence-corrected chi connectivity index (χ1v) is 10.9. The van der Waals surface area contributed by atoms with Crippen LogP contribution in [0.3, 0.4) is 0 Å². The molecule has 0 amide bonds. The van der Waals surface area contributed by atoms with E-state index in [2.05, 4.69) is 41.3 Å². The molecule has 4 aromatic rings. The number of rotatable bonds is 6. The molecule has 1 saturated heterocycles. The molecule has 1 aliphatic rings. The number of ether oxygens (including phenoxy) is 1. The van der Waals surface area contributed by atoms with Crippen LogP contribution >= 0.6 is 0 Å². The number of hydrogen-bond acceptors (Lipinski definition) is 3. The van der Waals surface area contributed by atoms with Crippen molar-refractivity contribution >= 4 is 11.0 Å². The fourth-order valence-electron chi connectivity index (χ4n) is 4.45. The predicted octanol–water partition coefficient (Wildman–Crippen LogP) is 3.75. The fourth-order valence-corrected chi connectivity index (χ4v) is 4.45. The van der Waals surface area contributed by atoms with Crippen molar-refractivity contribution in [1.29, 1.82) is 0 Å². The van der Waals surface area contributed by atoms with Crippen LogP contribution in [0.4, 0.5) is 0 Å². The third kappa shape index (κ3) is 4.33. The van der Waals surface area contributed by atoms with Crippen molar-refractivity contribution in [2.24, 2.45) is 0 Å². The molecular weight excluding hydrogens is 386 g/mol. The van der Waals surface area contributed by atoms with Crippen molar-refractivity contribution in [3.05, 3.63) is 107 Å². The highest BCUT2D eigenvalue weighted by atomic mass is 16.5. The van der Waals surface area contributed by atoms with Crippen LogP contribution in [0.15, 0.2) is 89.7 Å². The van der Waals surface area contributed by atoms with E-state index < -0.39 is 0 Å². The summed E-state index contributed by atoms with van der Waals surface area (Å²) < 4.78 is 9.82. The maximum absolute atomic E-state index is 13.4. The van der Waals surface area contributed by atoms with Crippen LogP contribution in [-0.2, 0) is 24.4 Å². The quantitative estimate of drug-likeness (QED) is 0.483. The van der Waals surface area contributed by atoms with E-state index in [0.717, 1.165) is 36.2 Å². The molecule has 5 rings (SSSR count). The number of imidazole rings is 1. The Morgan fingerprint density at radius 3 is 2.00 bits per heavy atom. The van der Waals surface area contributed by atoms with Crippen molar-refractivity contribution in [2.45, 2.75) is 25.7 Å². The molecule has 1 fully saturated rings. The summed E-state index contributed by atoms with van der Waals surface area (Å²) in [5.41, 5.74) is 4.38. The van der Waals surface area contributed by atoms with E-state index in [1.54, 1.807) is 0 Å². The van der Waals surface area contributed by atoms with Gasteiger partial charge in [-0.1, -0.05) is 72.8 Å². The number of para-hydroxylation sites is 2. The van der Waals surface area contributed by atoms with E-state index >= 15 is 0 Å².